The molecule has 28 heavy (non-hydrogen) atoms. The van der Waals surface area contributed by atoms with Crippen molar-refractivity contribution in [2.24, 2.45) is 14.1 Å². The highest BCUT2D eigenvalue weighted by Crippen LogP contribution is 2.23. The number of carbonyl (C=O) groups excluding carboxylic acids is 1. The zero-order valence-corrected chi connectivity index (χ0v) is 17.1. The van der Waals surface area contributed by atoms with Gasteiger partial charge in [0.25, 0.3) is 5.91 Å². The van der Waals surface area contributed by atoms with Gasteiger partial charge in [-0.3, -0.25) is 4.79 Å². The molecule has 0 aliphatic heterocycles. The van der Waals surface area contributed by atoms with Crippen LogP contribution in [0.4, 0.5) is 0 Å². The summed E-state index contributed by atoms with van der Waals surface area (Å²) in [5.41, 5.74) is 1.01. The second-order valence-electron chi connectivity index (χ2n) is 6.23. The molecule has 10 heteroatoms. The van der Waals surface area contributed by atoms with Crippen LogP contribution >= 0.6 is 11.6 Å². The molecule has 0 saturated heterocycles. The lowest BCUT2D eigenvalue weighted by molar-refractivity contribution is 0.0933. The predicted octanol–water partition coefficient (Wildman–Crippen LogP) is 1.84. The molecular weight excluding hydrogens is 402 g/mol. The van der Waals surface area contributed by atoms with E-state index >= 15 is 0 Å². The molecule has 1 amide bonds. The van der Waals surface area contributed by atoms with Gasteiger partial charge < -0.3 is 14.5 Å². The number of rotatable bonds is 6. The van der Waals surface area contributed by atoms with Crippen molar-refractivity contribution in [3.63, 3.8) is 0 Å². The van der Waals surface area contributed by atoms with Crippen LogP contribution in [0.2, 0.25) is 5.02 Å². The number of carbonyl (C=O) groups is 1. The minimum Gasteiger partial charge on any atom is -0.345 e. The lowest BCUT2D eigenvalue weighted by atomic mass is 10.1. The highest BCUT2D eigenvalue weighted by molar-refractivity contribution is 7.89. The Labute approximate surface area is 168 Å². The van der Waals surface area contributed by atoms with Crippen molar-refractivity contribution in [2.45, 2.75) is 10.9 Å². The van der Waals surface area contributed by atoms with E-state index in [4.69, 9.17) is 11.6 Å². The number of aryl methyl sites for hydroxylation is 2. The summed E-state index contributed by atoms with van der Waals surface area (Å²) in [5, 5.41) is 3.52. The first-order chi connectivity index (χ1) is 13.2. The molecule has 3 rings (SSSR count). The molecule has 1 atom stereocenters. The Morgan fingerprint density at radius 3 is 2.43 bits per heavy atom. The van der Waals surface area contributed by atoms with Gasteiger partial charge in [0.05, 0.1) is 0 Å². The lowest BCUT2D eigenvalue weighted by Gasteiger charge is -2.19. The van der Waals surface area contributed by atoms with Crippen LogP contribution in [0.25, 0.3) is 0 Å². The predicted molar refractivity (Wildman–Crippen MR) is 106 cm³/mol. The second-order valence-corrected chi connectivity index (χ2v) is 8.56. The van der Waals surface area contributed by atoms with Crippen molar-refractivity contribution >= 4 is 27.5 Å². The summed E-state index contributed by atoms with van der Waals surface area (Å²) >= 11 is 5.98. The van der Waals surface area contributed by atoms with Gasteiger partial charge in [0, 0.05) is 37.7 Å². The molecule has 0 unspecified atom stereocenters. The number of nitrogens with zero attached hydrogens (tertiary/aromatic N) is 3. The molecule has 0 radical (unpaired) electrons. The summed E-state index contributed by atoms with van der Waals surface area (Å²) in [6, 6.07) is 7.88. The van der Waals surface area contributed by atoms with E-state index in [2.05, 4.69) is 15.0 Å². The summed E-state index contributed by atoms with van der Waals surface area (Å²) < 4.78 is 29.5. The molecule has 1 aromatic carbocycles. The SMILES string of the molecule is CNS(=O)(=O)c1cc(C(=O)N[C@@H](c2ccc(Cl)cc2)c2nccn2C)n(C)c1. The Morgan fingerprint density at radius 1 is 1.18 bits per heavy atom. The fourth-order valence-electron chi connectivity index (χ4n) is 2.84. The van der Waals surface area contributed by atoms with E-state index in [0.717, 1.165) is 5.56 Å². The van der Waals surface area contributed by atoms with E-state index in [0.29, 0.717) is 10.8 Å². The number of benzene rings is 1. The molecule has 0 saturated carbocycles. The van der Waals surface area contributed by atoms with Crippen molar-refractivity contribution in [3.8, 4) is 0 Å². The largest absolute Gasteiger partial charge is 0.345 e. The molecule has 2 aromatic heterocycles. The Balaban J connectivity index is 1.97. The Hall–Kier alpha value is -2.62. The van der Waals surface area contributed by atoms with Crippen molar-refractivity contribution in [3.05, 3.63) is 71.0 Å². The quantitative estimate of drug-likeness (QED) is 0.634. The standard InChI is InChI=1S/C18H20ClN5O3S/c1-20-28(26,27)14-10-15(24(3)11-14)18(25)22-16(17-21-8-9-23(17)2)12-4-6-13(19)7-5-12/h4-11,16,20H,1-3H3,(H,22,25)/t16-/m0/s1. The normalized spacial score (nSPS) is 12.7. The van der Waals surface area contributed by atoms with Crippen LogP contribution in [-0.2, 0) is 24.1 Å². The Morgan fingerprint density at radius 2 is 1.86 bits per heavy atom. The van der Waals surface area contributed by atoms with Gasteiger partial charge in [-0.15, -0.1) is 0 Å². The van der Waals surface area contributed by atoms with Gasteiger partial charge >= 0.3 is 0 Å². The first kappa shape index (κ1) is 20.1. The van der Waals surface area contributed by atoms with E-state index in [1.165, 1.54) is 23.9 Å². The topological polar surface area (TPSA) is 98.0 Å². The summed E-state index contributed by atoms with van der Waals surface area (Å²) in [5.74, 6) is 0.205. The summed E-state index contributed by atoms with van der Waals surface area (Å²) in [7, 11) is 1.11. The van der Waals surface area contributed by atoms with Gasteiger partial charge in [0.2, 0.25) is 10.0 Å². The Kier molecular flexibility index (Phi) is 5.59. The maximum atomic E-state index is 12.9. The molecule has 0 aliphatic carbocycles. The number of aromatic nitrogens is 3. The zero-order chi connectivity index (χ0) is 20.5. The van der Waals surface area contributed by atoms with Gasteiger partial charge in [-0.2, -0.15) is 0 Å². The molecular formula is C18H20ClN5O3S. The molecule has 8 nitrogen and oxygen atoms in total. The maximum absolute atomic E-state index is 12.9. The first-order valence-electron chi connectivity index (χ1n) is 8.36. The number of hydrogen-bond donors (Lipinski definition) is 2. The molecule has 0 fully saturated rings. The average Bonchev–Trinajstić information content (AvgIpc) is 3.26. The minimum absolute atomic E-state index is 0.0164. The van der Waals surface area contributed by atoms with Crippen LogP contribution in [0.3, 0.4) is 0 Å². The molecule has 2 N–H and O–H groups in total. The lowest BCUT2D eigenvalue weighted by Crippen LogP contribution is -2.32. The van der Waals surface area contributed by atoms with Crippen molar-refractivity contribution < 1.29 is 13.2 Å². The van der Waals surface area contributed by atoms with Gasteiger partial charge in [-0.1, -0.05) is 23.7 Å². The zero-order valence-electron chi connectivity index (χ0n) is 15.5. The van der Waals surface area contributed by atoms with Crippen LogP contribution in [0.15, 0.2) is 53.8 Å². The smallest absolute Gasteiger partial charge is 0.268 e. The fourth-order valence-corrected chi connectivity index (χ4v) is 3.76. The van der Waals surface area contributed by atoms with Crippen molar-refractivity contribution in [1.82, 2.24) is 24.2 Å². The third-order valence-corrected chi connectivity index (χ3v) is 6.02. The summed E-state index contributed by atoms with van der Waals surface area (Å²) in [4.78, 5) is 17.3. The van der Waals surface area contributed by atoms with Crippen LogP contribution in [0.1, 0.15) is 27.9 Å². The average molecular weight is 422 g/mol. The number of halogens is 1. The van der Waals surface area contributed by atoms with Gasteiger partial charge in [0.1, 0.15) is 22.5 Å². The number of amides is 1. The fraction of sp³-hybridized carbons (Fsp3) is 0.222. The minimum atomic E-state index is -3.65. The third kappa shape index (κ3) is 3.96. The van der Waals surface area contributed by atoms with E-state index in [1.807, 2.05) is 19.2 Å². The number of hydrogen-bond acceptors (Lipinski definition) is 4. The van der Waals surface area contributed by atoms with Crippen LogP contribution in [0, 0.1) is 0 Å². The number of imidazole rings is 1. The van der Waals surface area contributed by atoms with Crippen molar-refractivity contribution in [2.75, 3.05) is 7.05 Å². The molecule has 148 valence electrons. The van der Waals surface area contributed by atoms with E-state index in [-0.39, 0.29) is 10.6 Å². The van der Waals surface area contributed by atoms with Gasteiger partial charge in [0.15, 0.2) is 0 Å². The maximum Gasteiger partial charge on any atom is 0.268 e. The van der Waals surface area contributed by atoms with Gasteiger partial charge in [-0.25, -0.2) is 18.1 Å². The number of sulfonamides is 1. The molecule has 0 spiro atoms. The van der Waals surface area contributed by atoms with Crippen molar-refractivity contribution in [1.29, 1.82) is 0 Å². The monoisotopic (exact) mass is 421 g/mol. The van der Waals surface area contributed by atoms with E-state index in [9.17, 15) is 13.2 Å². The first-order valence-corrected chi connectivity index (χ1v) is 10.2. The summed E-state index contributed by atoms with van der Waals surface area (Å²) in [6.45, 7) is 0. The molecule has 0 aliphatic rings. The third-order valence-electron chi connectivity index (χ3n) is 4.39. The highest BCUT2D eigenvalue weighted by Gasteiger charge is 2.24. The van der Waals surface area contributed by atoms with E-state index < -0.39 is 22.0 Å². The van der Waals surface area contributed by atoms with Gasteiger partial charge in [-0.05, 0) is 30.8 Å². The van der Waals surface area contributed by atoms with Crippen LogP contribution < -0.4 is 10.0 Å². The van der Waals surface area contributed by atoms with Crippen LogP contribution in [0.5, 0.6) is 0 Å². The molecule has 3 aromatic rings. The molecule has 2 heterocycles. The number of nitrogens with one attached hydrogen (secondary N) is 2. The van der Waals surface area contributed by atoms with E-state index in [1.54, 1.807) is 36.1 Å². The van der Waals surface area contributed by atoms with Crippen LogP contribution in [-0.4, -0.2) is 35.5 Å². The molecule has 0 bridgehead atoms. The summed E-state index contributed by atoms with van der Waals surface area (Å²) in [6.07, 6.45) is 4.81. The highest BCUT2D eigenvalue weighted by atomic mass is 35.5. The Bertz CT molecular complexity index is 1100. The second kappa shape index (κ2) is 7.78.